The minimum absolute atomic E-state index is 0.0254. The number of nitrogens with two attached hydrogens (primary N) is 1. The Morgan fingerprint density at radius 2 is 2.26 bits per heavy atom. The summed E-state index contributed by atoms with van der Waals surface area (Å²) in [6, 6.07) is 5.22. The van der Waals surface area contributed by atoms with Crippen molar-refractivity contribution in [2.45, 2.75) is 25.7 Å². The molecular formula is C14H21FN2O2. The zero-order valence-electron chi connectivity index (χ0n) is 11.4. The Morgan fingerprint density at radius 1 is 1.47 bits per heavy atom. The maximum Gasteiger partial charge on any atom is 0.169 e. The van der Waals surface area contributed by atoms with Gasteiger partial charge in [0, 0.05) is 31.7 Å². The molecule has 0 bridgehead atoms. The lowest BCUT2D eigenvalue weighted by molar-refractivity contribution is -0.0747. The second-order valence-electron chi connectivity index (χ2n) is 4.93. The Hall–Kier alpha value is -1.17. The number of halogens is 1. The van der Waals surface area contributed by atoms with E-state index in [1.54, 1.807) is 12.1 Å². The van der Waals surface area contributed by atoms with Gasteiger partial charge in [0.2, 0.25) is 0 Å². The molecule has 0 amide bonds. The summed E-state index contributed by atoms with van der Waals surface area (Å²) >= 11 is 0. The lowest BCUT2D eigenvalue weighted by atomic mass is 10.1. The van der Waals surface area contributed by atoms with Crippen LogP contribution in [0.25, 0.3) is 0 Å². The Kier molecular flexibility index (Phi) is 4.74. The summed E-state index contributed by atoms with van der Waals surface area (Å²) in [4.78, 5) is 2.17. The van der Waals surface area contributed by atoms with Gasteiger partial charge in [0.1, 0.15) is 0 Å². The third-order valence-electron chi connectivity index (χ3n) is 3.32. The average molecular weight is 268 g/mol. The molecule has 1 heterocycles. The van der Waals surface area contributed by atoms with Crippen LogP contribution >= 0.6 is 0 Å². The molecule has 0 aliphatic carbocycles. The molecule has 1 fully saturated rings. The van der Waals surface area contributed by atoms with Gasteiger partial charge in [-0.2, -0.15) is 0 Å². The van der Waals surface area contributed by atoms with E-state index in [-0.39, 0.29) is 23.8 Å². The molecular weight excluding hydrogens is 247 g/mol. The van der Waals surface area contributed by atoms with Gasteiger partial charge < -0.3 is 15.2 Å². The van der Waals surface area contributed by atoms with Gasteiger partial charge in [-0.25, -0.2) is 4.39 Å². The number of morpholine rings is 1. The molecule has 4 nitrogen and oxygen atoms in total. The molecule has 106 valence electrons. The number of nitrogens with zero attached hydrogens (tertiary/aromatic N) is 1. The maximum absolute atomic E-state index is 14.1. The molecule has 1 aromatic rings. The number of rotatable bonds is 4. The number of benzene rings is 1. The van der Waals surface area contributed by atoms with E-state index in [2.05, 4.69) is 4.90 Å². The van der Waals surface area contributed by atoms with Gasteiger partial charge in [0.05, 0.1) is 19.3 Å². The quantitative estimate of drug-likeness (QED) is 0.896. The van der Waals surface area contributed by atoms with Crippen LogP contribution in [0, 0.1) is 5.82 Å². The molecule has 1 aliphatic heterocycles. The lowest BCUT2D eigenvalue weighted by Crippen LogP contribution is -2.48. The lowest BCUT2D eigenvalue weighted by Gasteiger charge is -2.36. The van der Waals surface area contributed by atoms with Gasteiger partial charge in [-0.3, -0.25) is 4.90 Å². The fourth-order valence-corrected chi connectivity index (χ4v) is 2.48. The van der Waals surface area contributed by atoms with Crippen LogP contribution in [0.15, 0.2) is 18.2 Å². The number of hydrogen-bond donors (Lipinski definition) is 1. The Morgan fingerprint density at radius 3 is 2.95 bits per heavy atom. The van der Waals surface area contributed by atoms with Crippen molar-refractivity contribution in [3.63, 3.8) is 0 Å². The number of hydrogen-bond acceptors (Lipinski definition) is 4. The normalized spacial score (nSPS) is 24.4. The minimum atomic E-state index is -0.284. The van der Waals surface area contributed by atoms with Crippen molar-refractivity contribution in [1.82, 2.24) is 4.90 Å². The highest BCUT2D eigenvalue weighted by atomic mass is 19.1. The first kappa shape index (κ1) is 14.2. The predicted octanol–water partition coefficient (Wildman–Crippen LogP) is 1.38. The average Bonchev–Trinajstić information content (AvgIpc) is 2.40. The van der Waals surface area contributed by atoms with Gasteiger partial charge in [0.25, 0.3) is 0 Å². The molecule has 0 spiro atoms. The van der Waals surface area contributed by atoms with Gasteiger partial charge in [-0.15, -0.1) is 0 Å². The van der Waals surface area contributed by atoms with E-state index in [0.29, 0.717) is 18.7 Å². The van der Waals surface area contributed by atoms with E-state index in [4.69, 9.17) is 15.2 Å². The van der Waals surface area contributed by atoms with Crippen LogP contribution in [0.3, 0.4) is 0 Å². The fourth-order valence-electron chi connectivity index (χ4n) is 2.48. The fraction of sp³-hybridized carbons (Fsp3) is 0.571. The first-order valence-corrected chi connectivity index (χ1v) is 6.53. The van der Waals surface area contributed by atoms with Crippen molar-refractivity contribution in [1.29, 1.82) is 0 Å². The van der Waals surface area contributed by atoms with Crippen molar-refractivity contribution in [2.24, 2.45) is 5.73 Å². The molecule has 1 saturated heterocycles. The van der Waals surface area contributed by atoms with E-state index in [1.165, 1.54) is 7.11 Å². The minimum Gasteiger partial charge on any atom is -0.494 e. The zero-order valence-corrected chi connectivity index (χ0v) is 11.4. The van der Waals surface area contributed by atoms with Gasteiger partial charge in [0.15, 0.2) is 11.6 Å². The van der Waals surface area contributed by atoms with Crippen LogP contribution in [0.2, 0.25) is 0 Å². The summed E-state index contributed by atoms with van der Waals surface area (Å²) in [6.07, 6.45) is 0.147. The van der Waals surface area contributed by atoms with Gasteiger partial charge >= 0.3 is 0 Å². The first-order valence-electron chi connectivity index (χ1n) is 6.53. The molecule has 0 saturated carbocycles. The Bertz CT molecular complexity index is 428. The number of ether oxygens (including phenoxy) is 2. The summed E-state index contributed by atoms with van der Waals surface area (Å²) in [7, 11) is 1.48. The maximum atomic E-state index is 14.1. The van der Waals surface area contributed by atoms with Crippen molar-refractivity contribution in [3.05, 3.63) is 29.6 Å². The third kappa shape index (κ3) is 3.43. The van der Waals surface area contributed by atoms with Crippen LogP contribution in [0.5, 0.6) is 5.75 Å². The van der Waals surface area contributed by atoms with Crippen molar-refractivity contribution in [3.8, 4) is 5.75 Å². The van der Waals surface area contributed by atoms with Crippen LogP contribution in [-0.4, -0.2) is 43.9 Å². The first-order chi connectivity index (χ1) is 9.13. The van der Waals surface area contributed by atoms with Crippen LogP contribution in [-0.2, 0) is 11.3 Å². The van der Waals surface area contributed by atoms with E-state index < -0.39 is 0 Å². The SMILES string of the molecule is COc1cccc(CN2CC(C)OC(CN)C2)c1F. The molecule has 1 aromatic carbocycles. The van der Waals surface area contributed by atoms with Crippen LogP contribution in [0.1, 0.15) is 12.5 Å². The van der Waals surface area contributed by atoms with E-state index in [1.807, 2.05) is 13.0 Å². The van der Waals surface area contributed by atoms with Gasteiger partial charge in [-0.1, -0.05) is 12.1 Å². The molecule has 0 aromatic heterocycles. The van der Waals surface area contributed by atoms with E-state index in [0.717, 1.165) is 13.1 Å². The molecule has 2 N–H and O–H groups in total. The zero-order chi connectivity index (χ0) is 13.8. The summed E-state index contributed by atoms with van der Waals surface area (Å²) in [5.41, 5.74) is 6.29. The monoisotopic (exact) mass is 268 g/mol. The molecule has 2 rings (SSSR count). The van der Waals surface area contributed by atoms with E-state index >= 15 is 0 Å². The molecule has 0 radical (unpaired) electrons. The van der Waals surface area contributed by atoms with Crippen molar-refractivity contribution < 1.29 is 13.9 Å². The predicted molar refractivity (Wildman–Crippen MR) is 71.6 cm³/mol. The second-order valence-corrected chi connectivity index (χ2v) is 4.93. The number of methoxy groups -OCH3 is 1. The topological polar surface area (TPSA) is 47.7 Å². The molecule has 2 atom stereocenters. The van der Waals surface area contributed by atoms with Gasteiger partial charge in [-0.05, 0) is 13.0 Å². The Balaban J connectivity index is 2.08. The molecule has 5 heteroatoms. The molecule has 19 heavy (non-hydrogen) atoms. The van der Waals surface area contributed by atoms with Crippen LogP contribution in [0.4, 0.5) is 4.39 Å². The molecule has 1 aliphatic rings. The summed E-state index contributed by atoms with van der Waals surface area (Å²) in [5, 5.41) is 0. The summed E-state index contributed by atoms with van der Waals surface area (Å²) < 4.78 is 24.8. The highest BCUT2D eigenvalue weighted by Gasteiger charge is 2.25. The second kappa shape index (κ2) is 6.32. The highest BCUT2D eigenvalue weighted by Crippen LogP contribution is 2.22. The van der Waals surface area contributed by atoms with Crippen LogP contribution < -0.4 is 10.5 Å². The molecule has 2 unspecified atom stereocenters. The highest BCUT2D eigenvalue weighted by molar-refractivity contribution is 5.31. The standard InChI is InChI=1S/C14H21FN2O2/c1-10-7-17(9-12(6-16)19-10)8-11-4-3-5-13(18-2)14(11)15/h3-5,10,12H,6-9,16H2,1-2H3. The smallest absolute Gasteiger partial charge is 0.169 e. The summed E-state index contributed by atoms with van der Waals surface area (Å²) in [6.45, 7) is 4.57. The summed E-state index contributed by atoms with van der Waals surface area (Å²) in [5.74, 6) is 0.00243. The largest absolute Gasteiger partial charge is 0.494 e. The van der Waals surface area contributed by atoms with E-state index in [9.17, 15) is 4.39 Å². The van der Waals surface area contributed by atoms with Crippen molar-refractivity contribution >= 4 is 0 Å². The Labute approximate surface area is 113 Å². The third-order valence-corrected chi connectivity index (χ3v) is 3.32. The van der Waals surface area contributed by atoms with Crippen molar-refractivity contribution in [2.75, 3.05) is 26.7 Å².